The minimum Gasteiger partial charge on any atom is -0.494 e. The summed E-state index contributed by atoms with van der Waals surface area (Å²) in [5.74, 6) is -3.34. The van der Waals surface area contributed by atoms with Crippen molar-refractivity contribution in [1.29, 1.82) is 0 Å². The first-order valence-electron chi connectivity index (χ1n) is 12.9. The van der Waals surface area contributed by atoms with Crippen LogP contribution in [0.1, 0.15) is 76.2 Å². The second-order valence-corrected chi connectivity index (χ2v) is 9.97. The van der Waals surface area contributed by atoms with Gasteiger partial charge in [-0.2, -0.15) is 8.78 Å². The number of hydrogen-bond donors (Lipinski definition) is 0. The van der Waals surface area contributed by atoms with E-state index in [1.165, 1.54) is 11.6 Å². The average Bonchev–Trinajstić information content (AvgIpc) is 2.88. The van der Waals surface area contributed by atoms with Crippen LogP contribution in [0.5, 0.6) is 11.5 Å². The van der Waals surface area contributed by atoms with Gasteiger partial charge in [-0.15, -0.1) is 0 Å². The van der Waals surface area contributed by atoms with Crippen molar-refractivity contribution < 1.29 is 31.4 Å². The van der Waals surface area contributed by atoms with Gasteiger partial charge < -0.3 is 9.47 Å². The van der Waals surface area contributed by atoms with Crippen LogP contribution in [0.2, 0.25) is 0 Å². The smallest absolute Gasteiger partial charge is 0.422 e. The molecule has 1 fully saturated rings. The van der Waals surface area contributed by atoms with E-state index in [1.54, 1.807) is 0 Å². The summed E-state index contributed by atoms with van der Waals surface area (Å²) in [6.45, 7) is 2.87. The van der Waals surface area contributed by atoms with Crippen LogP contribution in [0.15, 0.2) is 48.0 Å². The molecule has 0 radical (unpaired) electrons. The molecular weight excluding hydrogens is 475 g/mol. The predicted molar refractivity (Wildman–Crippen MR) is 129 cm³/mol. The molecule has 0 bridgehead atoms. The highest BCUT2D eigenvalue weighted by molar-refractivity contribution is 5.30. The normalized spacial score (nSPS) is 22.7. The Morgan fingerprint density at radius 2 is 1.53 bits per heavy atom. The largest absolute Gasteiger partial charge is 0.494 e. The molecule has 1 atom stereocenters. The first-order valence-corrected chi connectivity index (χ1v) is 12.9. The molecule has 196 valence electrons. The van der Waals surface area contributed by atoms with Gasteiger partial charge in [-0.3, -0.25) is 0 Å². The zero-order chi connectivity index (χ0) is 25.7. The van der Waals surface area contributed by atoms with Gasteiger partial charge in [-0.1, -0.05) is 31.6 Å². The third kappa shape index (κ3) is 6.40. The topological polar surface area (TPSA) is 18.5 Å². The molecule has 2 nitrogen and oxygen atoms in total. The van der Waals surface area contributed by atoms with Crippen LogP contribution in [-0.4, -0.2) is 12.7 Å². The molecule has 2 aromatic rings. The second kappa shape index (κ2) is 11.7. The van der Waals surface area contributed by atoms with Gasteiger partial charge in [0.2, 0.25) is 0 Å². The highest BCUT2D eigenvalue weighted by Gasteiger charge is 2.40. The maximum absolute atomic E-state index is 14.6. The molecule has 1 saturated carbocycles. The fraction of sp³-hybridized carbons (Fsp3) is 0.517. The van der Waals surface area contributed by atoms with Crippen LogP contribution in [0, 0.1) is 29.3 Å². The van der Waals surface area contributed by atoms with Crippen molar-refractivity contribution in [3.05, 3.63) is 71.1 Å². The lowest BCUT2D eigenvalue weighted by atomic mass is 9.70. The molecule has 0 N–H and O–H groups in total. The van der Waals surface area contributed by atoms with Crippen molar-refractivity contribution in [3.63, 3.8) is 0 Å². The van der Waals surface area contributed by atoms with E-state index in [1.807, 2.05) is 12.1 Å². The standard InChI is InChI=1S/C29H33F5O2/c1-2-3-16-35-24-14-10-22(11-15-24)20-6-4-19(5-7-20)21-8-12-23(13-9-21)29(33,34)36-25-17-26(30)28(32)27(31)18-25/h10-12,14-15,17-21H,2-9,13,16H2,1H3. The van der Waals surface area contributed by atoms with E-state index in [4.69, 9.17) is 4.74 Å². The Hall–Kier alpha value is -2.57. The molecule has 7 heteroatoms. The van der Waals surface area contributed by atoms with Gasteiger partial charge in [-0.25, -0.2) is 13.2 Å². The van der Waals surface area contributed by atoms with Crippen molar-refractivity contribution in [2.24, 2.45) is 11.8 Å². The number of alkyl halides is 2. The van der Waals surface area contributed by atoms with E-state index >= 15 is 0 Å². The van der Waals surface area contributed by atoms with E-state index < -0.39 is 29.3 Å². The van der Waals surface area contributed by atoms with E-state index in [2.05, 4.69) is 23.8 Å². The summed E-state index contributed by atoms with van der Waals surface area (Å²) in [5.41, 5.74) is 1.13. The SMILES string of the molecule is CCCCOc1ccc(C2CCC(C3CC=C(C(F)(F)Oc4cc(F)c(F)c(F)c4)CC3)CC2)cc1. The quantitative estimate of drug-likeness (QED) is 0.146. The van der Waals surface area contributed by atoms with Crippen molar-refractivity contribution in [2.75, 3.05) is 6.61 Å². The number of rotatable bonds is 9. The number of hydrogen-bond acceptors (Lipinski definition) is 2. The fourth-order valence-corrected chi connectivity index (χ4v) is 5.45. The van der Waals surface area contributed by atoms with Crippen molar-refractivity contribution in [3.8, 4) is 11.5 Å². The lowest BCUT2D eigenvalue weighted by molar-refractivity contribution is -0.145. The van der Waals surface area contributed by atoms with Crippen molar-refractivity contribution >= 4 is 0 Å². The van der Waals surface area contributed by atoms with Crippen LogP contribution in [-0.2, 0) is 0 Å². The van der Waals surface area contributed by atoms with E-state index in [0.29, 0.717) is 42.7 Å². The van der Waals surface area contributed by atoms with Gasteiger partial charge >= 0.3 is 6.11 Å². The molecule has 0 spiro atoms. The van der Waals surface area contributed by atoms with Gasteiger partial charge in [0, 0.05) is 17.7 Å². The third-order valence-corrected chi connectivity index (χ3v) is 7.59. The molecule has 0 aliphatic heterocycles. The maximum atomic E-state index is 14.6. The number of benzene rings is 2. The summed E-state index contributed by atoms with van der Waals surface area (Å²) in [6.07, 6.45) is 5.54. The van der Waals surface area contributed by atoms with Gasteiger partial charge in [0.05, 0.1) is 6.61 Å². The van der Waals surface area contributed by atoms with Crippen LogP contribution in [0.4, 0.5) is 22.0 Å². The Bertz CT molecular complexity index is 1020. The van der Waals surface area contributed by atoms with Gasteiger partial charge in [0.1, 0.15) is 11.5 Å². The van der Waals surface area contributed by atoms with E-state index in [-0.39, 0.29) is 12.0 Å². The lowest BCUT2D eigenvalue weighted by Crippen LogP contribution is -2.31. The third-order valence-electron chi connectivity index (χ3n) is 7.59. The summed E-state index contributed by atoms with van der Waals surface area (Å²) in [4.78, 5) is 0. The summed E-state index contributed by atoms with van der Waals surface area (Å²) >= 11 is 0. The molecule has 2 aliphatic rings. The zero-order valence-corrected chi connectivity index (χ0v) is 20.6. The Kier molecular flexibility index (Phi) is 8.58. The minimum absolute atomic E-state index is 0.156. The number of allylic oxidation sites excluding steroid dienone is 1. The molecule has 1 unspecified atom stereocenters. The maximum Gasteiger partial charge on any atom is 0.422 e. The van der Waals surface area contributed by atoms with Crippen LogP contribution in [0.3, 0.4) is 0 Å². The lowest BCUT2D eigenvalue weighted by Gasteiger charge is -2.36. The molecule has 4 rings (SSSR count). The molecular formula is C29H33F5O2. The summed E-state index contributed by atoms with van der Waals surface area (Å²) in [6, 6.07) is 9.27. The van der Waals surface area contributed by atoms with Crippen molar-refractivity contribution in [2.45, 2.75) is 76.7 Å². The number of ether oxygens (including phenoxy) is 2. The Morgan fingerprint density at radius 3 is 2.11 bits per heavy atom. The first-order chi connectivity index (χ1) is 17.3. The molecule has 2 aliphatic carbocycles. The molecule has 36 heavy (non-hydrogen) atoms. The number of halogens is 5. The van der Waals surface area contributed by atoms with Gasteiger partial charge in [0.15, 0.2) is 17.5 Å². The molecule has 2 aromatic carbocycles. The summed E-state index contributed by atoms with van der Waals surface area (Å²) in [7, 11) is 0. The highest BCUT2D eigenvalue weighted by atomic mass is 19.3. The Balaban J connectivity index is 1.28. The monoisotopic (exact) mass is 508 g/mol. The van der Waals surface area contributed by atoms with Crippen LogP contribution >= 0.6 is 0 Å². The van der Waals surface area contributed by atoms with E-state index in [0.717, 1.165) is 50.9 Å². The average molecular weight is 509 g/mol. The molecule has 0 heterocycles. The first kappa shape index (κ1) is 26.5. The minimum atomic E-state index is -3.70. The van der Waals surface area contributed by atoms with Gasteiger partial charge in [0.25, 0.3) is 0 Å². The molecule has 0 saturated heterocycles. The zero-order valence-electron chi connectivity index (χ0n) is 20.6. The Labute approximate surface area is 209 Å². The number of unbranched alkanes of at least 4 members (excludes halogenated alkanes) is 1. The highest BCUT2D eigenvalue weighted by Crippen LogP contribution is 2.45. The summed E-state index contributed by atoms with van der Waals surface area (Å²) < 4.78 is 79.4. The predicted octanol–water partition coefficient (Wildman–Crippen LogP) is 8.95. The second-order valence-electron chi connectivity index (χ2n) is 9.97. The molecule has 0 amide bonds. The fourth-order valence-electron chi connectivity index (χ4n) is 5.45. The Morgan fingerprint density at radius 1 is 0.861 bits per heavy atom. The van der Waals surface area contributed by atoms with Crippen LogP contribution in [0.25, 0.3) is 0 Å². The van der Waals surface area contributed by atoms with Crippen molar-refractivity contribution in [1.82, 2.24) is 0 Å². The van der Waals surface area contributed by atoms with Gasteiger partial charge in [-0.05, 0) is 86.8 Å². The summed E-state index contributed by atoms with van der Waals surface area (Å²) in [5, 5.41) is 0. The molecule has 0 aromatic heterocycles. The van der Waals surface area contributed by atoms with E-state index in [9.17, 15) is 22.0 Å². The van der Waals surface area contributed by atoms with Crippen LogP contribution < -0.4 is 9.47 Å².